The summed E-state index contributed by atoms with van der Waals surface area (Å²) in [5.41, 5.74) is 2.01. The average Bonchev–Trinajstić information content (AvgIpc) is 3.50. The Morgan fingerprint density at radius 1 is 0.950 bits per heavy atom. The fourth-order valence-corrected chi connectivity index (χ4v) is 5.82. The van der Waals surface area contributed by atoms with Crippen LogP contribution in [0, 0.1) is 11.3 Å². The molecular formula is C29H24N4O6S. The van der Waals surface area contributed by atoms with Gasteiger partial charge in [-0.15, -0.1) is 0 Å². The second-order valence-corrected chi connectivity index (χ2v) is 10.6. The van der Waals surface area contributed by atoms with E-state index in [2.05, 4.69) is 11.2 Å². The second kappa shape index (κ2) is 11.0. The monoisotopic (exact) mass is 556 g/mol. The number of aromatic nitrogens is 2. The summed E-state index contributed by atoms with van der Waals surface area (Å²) in [4.78, 5) is 13.1. The zero-order valence-electron chi connectivity index (χ0n) is 21.6. The summed E-state index contributed by atoms with van der Waals surface area (Å²) >= 11 is 0. The quantitative estimate of drug-likeness (QED) is 0.260. The van der Waals surface area contributed by atoms with Gasteiger partial charge in [0.2, 0.25) is 0 Å². The van der Waals surface area contributed by atoms with Crippen LogP contribution < -0.4 is 19.3 Å². The van der Waals surface area contributed by atoms with E-state index in [0.29, 0.717) is 39.2 Å². The molecule has 0 amide bonds. The van der Waals surface area contributed by atoms with Gasteiger partial charge in [0.15, 0.2) is 5.82 Å². The lowest BCUT2D eigenvalue weighted by atomic mass is 10.1. The zero-order valence-corrected chi connectivity index (χ0v) is 22.5. The summed E-state index contributed by atoms with van der Waals surface area (Å²) in [5.74, 6) is 1.21. The minimum absolute atomic E-state index is 0.000715. The third kappa shape index (κ3) is 5.00. The molecule has 3 aromatic carbocycles. The molecule has 0 atom stereocenters. The molecule has 0 bridgehead atoms. The van der Waals surface area contributed by atoms with Crippen LogP contribution in [0.3, 0.4) is 0 Å². The summed E-state index contributed by atoms with van der Waals surface area (Å²) in [5, 5.41) is 13.5. The van der Waals surface area contributed by atoms with E-state index in [1.54, 1.807) is 61.7 Å². The van der Waals surface area contributed by atoms with Crippen molar-refractivity contribution in [2.45, 2.75) is 17.9 Å². The van der Waals surface area contributed by atoms with Crippen molar-refractivity contribution in [1.82, 2.24) is 9.72 Å². The highest BCUT2D eigenvalue weighted by molar-refractivity contribution is 7.92. The lowest BCUT2D eigenvalue weighted by Gasteiger charge is -2.22. The van der Waals surface area contributed by atoms with E-state index >= 15 is 0 Å². The molecule has 0 radical (unpaired) electrons. The Morgan fingerprint density at radius 2 is 1.73 bits per heavy atom. The minimum atomic E-state index is -4.11. The molecule has 0 unspecified atom stereocenters. The SMILES string of the molecule is COc1ccc(CN(c2ccon2)S(=O)(=O)c2ccc3c(ccc(=O)n3-c3cc(CC#N)ccc3OC)c2)cc1. The number of sulfonamides is 1. The van der Waals surface area contributed by atoms with Crippen LogP contribution in [0.25, 0.3) is 16.6 Å². The first-order valence-corrected chi connectivity index (χ1v) is 13.6. The van der Waals surface area contributed by atoms with Gasteiger partial charge in [0.05, 0.1) is 49.4 Å². The molecule has 10 nitrogen and oxygen atoms in total. The molecule has 40 heavy (non-hydrogen) atoms. The molecule has 5 rings (SSSR count). The maximum absolute atomic E-state index is 13.9. The Hall–Kier alpha value is -5.08. The maximum Gasteiger partial charge on any atom is 0.265 e. The molecule has 0 saturated heterocycles. The van der Waals surface area contributed by atoms with Gasteiger partial charge in [0.1, 0.15) is 17.8 Å². The number of anilines is 1. The van der Waals surface area contributed by atoms with Crippen molar-refractivity contribution >= 4 is 26.7 Å². The second-order valence-electron chi connectivity index (χ2n) is 8.79. The van der Waals surface area contributed by atoms with Crippen LogP contribution in [0.15, 0.2) is 99.3 Å². The van der Waals surface area contributed by atoms with Crippen LogP contribution in [0.2, 0.25) is 0 Å². The van der Waals surface area contributed by atoms with Gasteiger partial charge >= 0.3 is 0 Å². The van der Waals surface area contributed by atoms with Crippen molar-refractivity contribution < 1.29 is 22.4 Å². The van der Waals surface area contributed by atoms with Crippen LogP contribution in [0.5, 0.6) is 11.5 Å². The Morgan fingerprint density at radius 3 is 2.40 bits per heavy atom. The number of hydrogen-bond donors (Lipinski definition) is 0. The number of fused-ring (bicyclic) bond motifs is 1. The molecule has 5 aromatic rings. The lowest BCUT2D eigenvalue weighted by Crippen LogP contribution is -2.31. The third-order valence-corrected chi connectivity index (χ3v) is 8.13. The van der Waals surface area contributed by atoms with Crippen molar-refractivity contribution in [2.24, 2.45) is 0 Å². The van der Waals surface area contributed by atoms with Gasteiger partial charge in [0.25, 0.3) is 15.6 Å². The van der Waals surface area contributed by atoms with E-state index in [0.717, 1.165) is 4.31 Å². The van der Waals surface area contributed by atoms with Gasteiger partial charge in [0, 0.05) is 17.5 Å². The molecule has 11 heteroatoms. The van der Waals surface area contributed by atoms with E-state index in [-0.39, 0.29) is 29.2 Å². The van der Waals surface area contributed by atoms with Gasteiger partial charge in [-0.3, -0.25) is 9.36 Å². The topological polar surface area (TPSA) is 128 Å². The van der Waals surface area contributed by atoms with E-state index in [4.69, 9.17) is 19.3 Å². The van der Waals surface area contributed by atoms with Gasteiger partial charge < -0.3 is 14.0 Å². The number of ether oxygens (including phenoxy) is 2. The Kier molecular flexibility index (Phi) is 7.27. The normalized spacial score (nSPS) is 11.2. The number of nitriles is 1. The van der Waals surface area contributed by atoms with Crippen LogP contribution >= 0.6 is 0 Å². The van der Waals surface area contributed by atoms with Crippen LogP contribution in [0.4, 0.5) is 5.82 Å². The van der Waals surface area contributed by atoms with Crippen molar-refractivity contribution in [3.05, 3.63) is 107 Å². The minimum Gasteiger partial charge on any atom is -0.497 e. The smallest absolute Gasteiger partial charge is 0.265 e. The predicted octanol–water partition coefficient (Wildman–Crippen LogP) is 4.46. The number of hydrogen-bond acceptors (Lipinski definition) is 8. The summed E-state index contributed by atoms with van der Waals surface area (Å²) in [7, 11) is -1.07. The largest absolute Gasteiger partial charge is 0.497 e. The van der Waals surface area contributed by atoms with Crippen LogP contribution in [-0.4, -0.2) is 32.4 Å². The van der Waals surface area contributed by atoms with E-state index in [1.807, 2.05) is 0 Å². The predicted molar refractivity (Wildman–Crippen MR) is 148 cm³/mol. The Balaban J connectivity index is 1.61. The standard InChI is InChI=1S/C29H24N4O6S/c1-37-23-7-3-21(4-8-23)19-32(28-14-16-39-31-28)40(35,36)24-9-10-25-22(18-24)6-12-29(34)33(25)26-17-20(13-15-30)5-11-27(26)38-2/h3-12,14,16-18H,13,19H2,1-2H3. The Bertz CT molecular complexity index is 1880. The molecule has 0 aliphatic heterocycles. The zero-order chi connectivity index (χ0) is 28.3. The van der Waals surface area contributed by atoms with Crippen molar-refractivity contribution in [3.63, 3.8) is 0 Å². The van der Waals surface area contributed by atoms with Crippen molar-refractivity contribution in [3.8, 4) is 23.3 Å². The van der Waals surface area contributed by atoms with Gasteiger partial charge in [-0.1, -0.05) is 23.4 Å². The molecule has 202 valence electrons. The molecule has 0 aliphatic carbocycles. The molecule has 0 N–H and O–H groups in total. The fourth-order valence-electron chi connectivity index (χ4n) is 4.39. The fraction of sp³-hybridized carbons (Fsp3) is 0.138. The molecule has 2 heterocycles. The molecule has 0 fully saturated rings. The van der Waals surface area contributed by atoms with Crippen molar-refractivity contribution in [1.29, 1.82) is 5.26 Å². The molecular weight excluding hydrogens is 532 g/mol. The highest BCUT2D eigenvalue weighted by Gasteiger charge is 2.28. The first-order valence-electron chi connectivity index (χ1n) is 12.1. The number of methoxy groups -OCH3 is 2. The summed E-state index contributed by atoms with van der Waals surface area (Å²) in [6.07, 6.45) is 1.46. The summed E-state index contributed by atoms with van der Waals surface area (Å²) in [6.45, 7) is -0.000715. The van der Waals surface area contributed by atoms with Crippen LogP contribution in [-0.2, 0) is 23.0 Å². The molecule has 0 saturated carbocycles. The lowest BCUT2D eigenvalue weighted by molar-refractivity contribution is 0.413. The molecule has 0 aliphatic rings. The summed E-state index contributed by atoms with van der Waals surface area (Å²) in [6, 6.07) is 23.3. The summed E-state index contributed by atoms with van der Waals surface area (Å²) < 4.78 is 46.1. The van der Waals surface area contributed by atoms with E-state index < -0.39 is 10.0 Å². The van der Waals surface area contributed by atoms with Crippen LogP contribution in [0.1, 0.15) is 11.1 Å². The maximum atomic E-state index is 13.9. The highest BCUT2D eigenvalue weighted by Crippen LogP contribution is 2.30. The number of rotatable bonds is 9. The first kappa shape index (κ1) is 26.5. The van der Waals surface area contributed by atoms with E-state index in [9.17, 15) is 13.2 Å². The molecule has 2 aromatic heterocycles. The van der Waals surface area contributed by atoms with Gasteiger partial charge in [-0.25, -0.2) is 12.7 Å². The number of pyridine rings is 1. The number of nitrogens with zero attached hydrogens (tertiary/aromatic N) is 4. The van der Waals surface area contributed by atoms with Gasteiger partial charge in [-0.2, -0.15) is 5.26 Å². The van der Waals surface area contributed by atoms with Crippen molar-refractivity contribution in [2.75, 3.05) is 18.5 Å². The van der Waals surface area contributed by atoms with Gasteiger partial charge in [-0.05, 0) is 59.7 Å². The average molecular weight is 557 g/mol. The highest BCUT2D eigenvalue weighted by atomic mass is 32.2. The third-order valence-electron chi connectivity index (χ3n) is 6.39. The van der Waals surface area contributed by atoms with E-state index in [1.165, 1.54) is 42.2 Å². The molecule has 0 spiro atoms. The Labute approximate surface area is 230 Å². The first-order chi connectivity index (χ1) is 19.3. The number of benzene rings is 3.